The molecule has 0 atom stereocenters. The maximum absolute atomic E-state index is 11.9. The highest BCUT2D eigenvalue weighted by atomic mass is 32.1. The van der Waals surface area contributed by atoms with E-state index < -0.39 is 0 Å². The lowest BCUT2D eigenvalue weighted by atomic mass is 10.3. The van der Waals surface area contributed by atoms with Crippen LogP contribution in [0.5, 0.6) is 0 Å². The second-order valence-electron chi connectivity index (χ2n) is 3.50. The van der Waals surface area contributed by atoms with Crippen LogP contribution in [-0.4, -0.2) is 30.9 Å². The second kappa shape index (κ2) is 7.19. The third kappa shape index (κ3) is 4.16. The summed E-state index contributed by atoms with van der Waals surface area (Å²) in [6.45, 7) is 5.70. The van der Waals surface area contributed by atoms with Crippen LogP contribution in [0.3, 0.4) is 0 Å². The van der Waals surface area contributed by atoms with E-state index in [1.165, 1.54) is 4.88 Å². The maximum atomic E-state index is 11.9. The average Bonchev–Trinajstić information content (AvgIpc) is 2.78. The molecular formula is C12H18N2OS. The number of hydrogen-bond donors (Lipinski definition) is 1. The summed E-state index contributed by atoms with van der Waals surface area (Å²) in [4.78, 5) is 14.9. The summed E-state index contributed by atoms with van der Waals surface area (Å²) in [7, 11) is 1.85. The van der Waals surface area contributed by atoms with Crippen LogP contribution < -0.4 is 5.32 Å². The van der Waals surface area contributed by atoms with Crippen LogP contribution in [0.4, 0.5) is 0 Å². The van der Waals surface area contributed by atoms with Crippen molar-refractivity contribution >= 4 is 17.2 Å². The number of amides is 1. The van der Waals surface area contributed by atoms with Crippen molar-refractivity contribution in [1.82, 2.24) is 10.2 Å². The van der Waals surface area contributed by atoms with Gasteiger partial charge in [0.05, 0.1) is 6.54 Å². The van der Waals surface area contributed by atoms with Gasteiger partial charge in [-0.15, -0.1) is 17.9 Å². The van der Waals surface area contributed by atoms with Gasteiger partial charge in [-0.3, -0.25) is 4.79 Å². The minimum Gasteiger partial charge on any atom is -0.334 e. The molecule has 0 aliphatic heterocycles. The molecule has 0 fully saturated rings. The molecule has 0 aliphatic carbocycles. The molecule has 1 N–H and O–H groups in total. The summed E-state index contributed by atoms with van der Waals surface area (Å²) in [5.41, 5.74) is 0. The largest absolute Gasteiger partial charge is 0.334 e. The van der Waals surface area contributed by atoms with Crippen LogP contribution in [-0.2, 0) is 11.3 Å². The summed E-state index contributed by atoms with van der Waals surface area (Å²) >= 11 is 1.67. The molecule has 0 unspecified atom stereocenters. The maximum Gasteiger partial charge on any atom is 0.224 e. The third-order valence-electron chi connectivity index (χ3n) is 2.22. The van der Waals surface area contributed by atoms with Gasteiger partial charge < -0.3 is 10.2 Å². The van der Waals surface area contributed by atoms with Gasteiger partial charge in [0.15, 0.2) is 0 Å². The molecule has 1 amide bonds. The lowest BCUT2D eigenvalue weighted by Crippen LogP contribution is -2.32. The number of rotatable bonds is 7. The number of thiophene rings is 1. The number of carbonyl (C=O) groups is 1. The van der Waals surface area contributed by atoms with Crippen molar-refractivity contribution in [3.8, 4) is 0 Å². The molecule has 88 valence electrons. The first-order valence-electron chi connectivity index (χ1n) is 5.33. The van der Waals surface area contributed by atoms with E-state index in [9.17, 15) is 4.79 Å². The Labute approximate surface area is 101 Å². The molecule has 1 aromatic rings. The Morgan fingerprint density at radius 3 is 3.06 bits per heavy atom. The predicted octanol–water partition coefficient (Wildman–Crippen LogP) is 1.87. The molecule has 0 aromatic carbocycles. The quantitative estimate of drug-likeness (QED) is 0.736. The van der Waals surface area contributed by atoms with E-state index in [-0.39, 0.29) is 5.91 Å². The summed E-state index contributed by atoms with van der Waals surface area (Å²) in [5.74, 6) is 0.169. The summed E-state index contributed by atoms with van der Waals surface area (Å²) in [6.07, 6.45) is 2.31. The standard InChI is InChI=1S/C12H18N2OS/c1-3-8-14(12(15)6-7-13-2)10-11-5-4-9-16-11/h3-5,9,13H,1,6-8,10H2,2H3. The van der Waals surface area contributed by atoms with Gasteiger partial charge in [0, 0.05) is 24.4 Å². The van der Waals surface area contributed by atoms with Crippen LogP contribution in [0.1, 0.15) is 11.3 Å². The molecule has 0 spiro atoms. The van der Waals surface area contributed by atoms with Crippen molar-refractivity contribution in [2.75, 3.05) is 20.1 Å². The van der Waals surface area contributed by atoms with E-state index >= 15 is 0 Å². The molecule has 0 aliphatic rings. The van der Waals surface area contributed by atoms with Gasteiger partial charge in [-0.2, -0.15) is 0 Å². The molecule has 0 radical (unpaired) electrons. The van der Waals surface area contributed by atoms with Gasteiger partial charge in [0.2, 0.25) is 5.91 Å². The first kappa shape index (κ1) is 12.9. The van der Waals surface area contributed by atoms with E-state index in [1.807, 2.05) is 29.5 Å². The van der Waals surface area contributed by atoms with E-state index in [2.05, 4.69) is 11.9 Å². The van der Waals surface area contributed by atoms with Crippen LogP contribution in [0.2, 0.25) is 0 Å². The topological polar surface area (TPSA) is 32.3 Å². The molecule has 4 heteroatoms. The van der Waals surface area contributed by atoms with E-state index in [0.717, 1.165) is 6.54 Å². The van der Waals surface area contributed by atoms with Crippen LogP contribution >= 0.6 is 11.3 Å². The molecule has 1 heterocycles. The molecule has 1 aromatic heterocycles. The first-order valence-corrected chi connectivity index (χ1v) is 6.21. The molecule has 0 bridgehead atoms. The minimum atomic E-state index is 0.169. The molecule has 3 nitrogen and oxygen atoms in total. The fraction of sp³-hybridized carbons (Fsp3) is 0.417. The number of hydrogen-bond acceptors (Lipinski definition) is 3. The Morgan fingerprint density at radius 1 is 1.69 bits per heavy atom. The van der Waals surface area contributed by atoms with Crippen molar-refractivity contribution in [1.29, 1.82) is 0 Å². The van der Waals surface area contributed by atoms with Gasteiger partial charge in [-0.25, -0.2) is 0 Å². The summed E-state index contributed by atoms with van der Waals surface area (Å²) in [5, 5.41) is 5.01. The monoisotopic (exact) mass is 238 g/mol. The van der Waals surface area contributed by atoms with E-state index in [1.54, 1.807) is 17.4 Å². The Balaban J connectivity index is 2.52. The Kier molecular flexibility index (Phi) is 5.82. The van der Waals surface area contributed by atoms with E-state index in [0.29, 0.717) is 19.5 Å². The first-order chi connectivity index (χ1) is 7.77. The number of nitrogens with one attached hydrogen (secondary N) is 1. The highest BCUT2D eigenvalue weighted by molar-refractivity contribution is 7.09. The van der Waals surface area contributed by atoms with Crippen molar-refractivity contribution in [2.45, 2.75) is 13.0 Å². The van der Waals surface area contributed by atoms with Crippen molar-refractivity contribution in [3.05, 3.63) is 35.0 Å². The molecule has 1 rings (SSSR count). The van der Waals surface area contributed by atoms with Gasteiger partial charge in [-0.1, -0.05) is 12.1 Å². The normalized spacial score (nSPS) is 10.1. The molecule has 0 saturated carbocycles. The van der Waals surface area contributed by atoms with Crippen molar-refractivity contribution in [2.24, 2.45) is 0 Å². The fourth-order valence-electron chi connectivity index (χ4n) is 1.39. The second-order valence-corrected chi connectivity index (χ2v) is 4.53. The molecule has 0 saturated heterocycles. The summed E-state index contributed by atoms with van der Waals surface area (Å²) < 4.78 is 0. The Hall–Kier alpha value is -1.13. The van der Waals surface area contributed by atoms with Gasteiger partial charge >= 0.3 is 0 Å². The van der Waals surface area contributed by atoms with Crippen molar-refractivity contribution < 1.29 is 4.79 Å². The molecular weight excluding hydrogens is 220 g/mol. The van der Waals surface area contributed by atoms with Crippen molar-refractivity contribution in [3.63, 3.8) is 0 Å². The zero-order chi connectivity index (χ0) is 11.8. The van der Waals surface area contributed by atoms with Crippen LogP contribution in [0, 0.1) is 0 Å². The number of carbonyl (C=O) groups excluding carboxylic acids is 1. The zero-order valence-corrected chi connectivity index (χ0v) is 10.4. The van der Waals surface area contributed by atoms with E-state index in [4.69, 9.17) is 0 Å². The lowest BCUT2D eigenvalue weighted by Gasteiger charge is -2.20. The SMILES string of the molecule is C=CCN(Cc1cccs1)C(=O)CCNC. The minimum absolute atomic E-state index is 0.169. The zero-order valence-electron chi connectivity index (χ0n) is 9.61. The van der Waals surface area contributed by atoms with Crippen LogP contribution in [0.25, 0.3) is 0 Å². The van der Waals surface area contributed by atoms with Gasteiger partial charge in [0.25, 0.3) is 0 Å². The van der Waals surface area contributed by atoms with Gasteiger partial charge in [0.1, 0.15) is 0 Å². The average molecular weight is 238 g/mol. The number of nitrogens with zero attached hydrogens (tertiary/aromatic N) is 1. The van der Waals surface area contributed by atoms with Gasteiger partial charge in [-0.05, 0) is 18.5 Å². The summed E-state index contributed by atoms with van der Waals surface area (Å²) in [6, 6.07) is 4.05. The highest BCUT2D eigenvalue weighted by Crippen LogP contribution is 2.12. The van der Waals surface area contributed by atoms with Crippen LogP contribution in [0.15, 0.2) is 30.2 Å². The Morgan fingerprint density at radius 2 is 2.50 bits per heavy atom. The predicted molar refractivity (Wildman–Crippen MR) is 68.5 cm³/mol. The fourth-order valence-corrected chi connectivity index (χ4v) is 2.11. The lowest BCUT2D eigenvalue weighted by molar-refractivity contribution is -0.131. The highest BCUT2D eigenvalue weighted by Gasteiger charge is 2.12. The molecule has 16 heavy (non-hydrogen) atoms. The Bertz CT molecular complexity index is 322. The smallest absolute Gasteiger partial charge is 0.224 e. The third-order valence-corrected chi connectivity index (χ3v) is 3.08.